The van der Waals surface area contributed by atoms with Gasteiger partial charge in [-0.05, 0) is 44.8 Å². The molecule has 3 aromatic rings. The third-order valence-electron chi connectivity index (χ3n) is 3.78. The molecule has 0 radical (unpaired) electrons. The molecule has 0 aliphatic heterocycles. The van der Waals surface area contributed by atoms with E-state index in [0.717, 1.165) is 28.7 Å². The van der Waals surface area contributed by atoms with Gasteiger partial charge in [0.05, 0.1) is 22.1 Å². The van der Waals surface area contributed by atoms with Crippen molar-refractivity contribution < 1.29 is 4.79 Å². The Bertz CT molecular complexity index is 873. The van der Waals surface area contributed by atoms with Crippen LogP contribution in [0, 0.1) is 6.92 Å². The summed E-state index contributed by atoms with van der Waals surface area (Å²) in [6, 6.07) is 11.4. The standard InChI is InChI=1S/C18H20N4O/c1-12-6-4-8-14-16(12)21-17-13(7-5-9-15(17)20-14)18(23)19-10-11-22(2)3/h4-9H,10-11H2,1-3H3,(H,19,23). The smallest absolute Gasteiger partial charge is 0.253 e. The van der Waals surface area contributed by atoms with Crippen molar-refractivity contribution in [2.45, 2.75) is 6.92 Å². The van der Waals surface area contributed by atoms with Gasteiger partial charge in [0.25, 0.3) is 5.91 Å². The number of aromatic nitrogens is 2. The van der Waals surface area contributed by atoms with Crippen LogP contribution in [0.4, 0.5) is 0 Å². The Morgan fingerprint density at radius 1 is 1.04 bits per heavy atom. The Hall–Kier alpha value is -2.53. The molecule has 1 aromatic heterocycles. The summed E-state index contributed by atoms with van der Waals surface area (Å²) in [7, 11) is 3.95. The van der Waals surface area contributed by atoms with Gasteiger partial charge >= 0.3 is 0 Å². The van der Waals surface area contributed by atoms with Gasteiger partial charge in [-0.15, -0.1) is 0 Å². The van der Waals surface area contributed by atoms with E-state index in [2.05, 4.69) is 10.3 Å². The van der Waals surface area contributed by atoms with Crippen LogP contribution in [0.15, 0.2) is 36.4 Å². The van der Waals surface area contributed by atoms with Gasteiger partial charge in [-0.25, -0.2) is 9.97 Å². The number of rotatable bonds is 4. The molecule has 5 nitrogen and oxygen atoms in total. The van der Waals surface area contributed by atoms with Crippen LogP contribution in [0.5, 0.6) is 0 Å². The summed E-state index contributed by atoms with van der Waals surface area (Å²) in [4.78, 5) is 23.8. The number of benzene rings is 2. The summed E-state index contributed by atoms with van der Waals surface area (Å²) in [5.41, 5.74) is 4.70. The van der Waals surface area contributed by atoms with Gasteiger partial charge in [0.2, 0.25) is 0 Å². The molecule has 0 spiro atoms. The minimum absolute atomic E-state index is 0.111. The highest BCUT2D eigenvalue weighted by Gasteiger charge is 2.13. The van der Waals surface area contributed by atoms with E-state index in [1.165, 1.54) is 0 Å². The molecule has 0 fully saturated rings. The largest absolute Gasteiger partial charge is 0.351 e. The Morgan fingerprint density at radius 3 is 2.48 bits per heavy atom. The molecule has 1 N–H and O–H groups in total. The zero-order valence-corrected chi connectivity index (χ0v) is 13.6. The van der Waals surface area contributed by atoms with Gasteiger partial charge in [0.15, 0.2) is 0 Å². The molecule has 118 valence electrons. The molecule has 5 heteroatoms. The molecule has 23 heavy (non-hydrogen) atoms. The van der Waals surface area contributed by atoms with E-state index in [4.69, 9.17) is 4.98 Å². The fourth-order valence-electron chi connectivity index (χ4n) is 2.53. The highest BCUT2D eigenvalue weighted by molar-refractivity contribution is 6.06. The predicted molar refractivity (Wildman–Crippen MR) is 92.7 cm³/mol. The van der Waals surface area contributed by atoms with Gasteiger partial charge in [0.1, 0.15) is 5.52 Å². The number of hydrogen-bond acceptors (Lipinski definition) is 4. The van der Waals surface area contributed by atoms with Crippen LogP contribution in [0.25, 0.3) is 22.1 Å². The van der Waals surface area contributed by atoms with E-state index < -0.39 is 0 Å². The Kier molecular flexibility index (Phi) is 4.21. The van der Waals surface area contributed by atoms with E-state index >= 15 is 0 Å². The zero-order valence-electron chi connectivity index (χ0n) is 13.6. The van der Waals surface area contributed by atoms with Crippen LogP contribution >= 0.6 is 0 Å². The highest BCUT2D eigenvalue weighted by atomic mass is 16.1. The molecular formula is C18H20N4O. The number of aryl methyl sites for hydroxylation is 1. The number of likely N-dealkylation sites (N-methyl/N-ethyl adjacent to an activating group) is 1. The van der Waals surface area contributed by atoms with Crippen molar-refractivity contribution in [2.24, 2.45) is 0 Å². The Morgan fingerprint density at radius 2 is 1.74 bits per heavy atom. The fourth-order valence-corrected chi connectivity index (χ4v) is 2.53. The van der Waals surface area contributed by atoms with Gasteiger partial charge in [0, 0.05) is 13.1 Å². The SMILES string of the molecule is Cc1cccc2nc3cccc(C(=O)NCCN(C)C)c3nc12. The average Bonchev–Trinajstić information content (AvgIpc) is 2.52. The lowest BCUT2D eigenvalue weighted by atomic mass is 10.1. The summed E-state index contributed by atoms with van der Waals surface area (Å²) in [6.07, 6.45) is 0. The molecule has 2 aromatic carbocycles. The van der Waals surface area contributed by atoms with Crippen molar-refractivity contribution in [3.63, 3.8) is 0 Å². The molecular weight excluding hydrogens is 288 g/mol. The average molecular weight is 308 g/mol. The van der Waals surface area contributed by atoms with Crippen LogP contribution in [0.1, 0.15) is 15.9 Å². The molecule has 0 unspecified atom stereocenters. The second kappa shape index (κ2) is 6.30. The van der Waals surface area contributed by atoms with Crippen LogP contribution < -0.4 is 5.32 Å². The molecule has 0 atom stereocenters. The lowest BCUT2D eigenvalue weighted by molar-refractivity contribution is 0.0952. The maximum absolute atomic E-state index is 12.5. The second-order valence-corrected chi connectivity index (χ2v) is 5.90. The summed E-state index contributed by atoms with van der Waals surface area (Å²) < 4.78 is 0. The molecule has 3 rings (SSSR count). The van der Waals surface area contributed by atoms with Crippen LogP contribution in [0.2, 0.25) is 0 Å². The number of carbonyl (C=O) groups excluding carboxylic acids is 1. The first-order chi connectivity index (χ1) is 11.1. The van der Waals surface area contributed by atoms with Crippen LogP contribution in [-0.2, 0) is 0 Å². The fraction of sp³-hybridized carbons (Fsp3) is 0.278. The number of nitrogens with one attached hydrogen (secondary N) is 1. The monoisotopic (exact) mass is 308 g/mol. The van der Waals surface area contributed by atoms with Crippen molar-refractivity contribution in [1.29, 1.82) is 0 Å². The third-order valence-corrected chi connectivity index (χ3v) is 3.78. The number of para-hydroxylation sites is 2. The normalized spacial score (nSPS) is 11.3. The van der Waals surface area contributed by atoms with Gasteiger partial charge < -0.3 is 10.2 Å². The summed E-state index contributed by atoms with van der Waals surface area (Å²) >= 11 is 0. The first-order valence-corrected chi connectivity index (χ1v) is 7.65. The number of carbonyl (C=O) groups is 1. The summed E-state index contributed by atoms with van der Waals surface area (Å²) in [5.74, 6) is -0.111. The van der Waals surface area contributed by atoms with E-state index in [1.54, 1.807) is 6.07 Å². The van der Waals surface area contributed by atoms with Gasteiger partial charge in [-0.1, -0.05) is 18.2 Å². The molecule has 1 amide bonds. The molecule has 0 aliphatic rings. The van der Waals surface area contributed by atoms with E-state index in [1.807, 2.05) is 56.3 Å². The number of nitrogens with zero attached hydrogens (tertiary/aromatic N) is 3. The zero-order chi connectivity index (χ0) is 16.4. The summed E-state index contributed by atoms with van der Waals surface area (Å²) in [6.45, 7) is 3.40. The number of amides is 1. The first kappa shape index (κ1) is 15.4. The van der Waals surface area contributed by atoms with Crippen molar-refractivity contribution in [3.05, 3.63) is 47.5 Å². The molecule has 0 bridgehead atoms. The lowest BCUT2D eigenvalue weighted by Crippen LogP contribution is -2.31. The minimum atomic E-state index is -0.111. The highest BCUT2D eigenvalue weighted by Crippen LogP contribution is 2.21. The van der Waals surface area contributed by atoms with Crippen LogP contribution in [-0.4, -0.2) is 48.0 Å². The quantitative estimate of drug-likeness (QED) is 0.752. The summed E-state index contributed by atoms with van der Waals surface area (Å²) in [5, 5.41) is 2.94. The molecule has 0 aliphatic carbocycles. The Labute approximate surface area is 135 Å². The lowest BCUT2D eigenvalue weighted by Gasteiger charge is -2.11. The van der Waals surface area contributed by atoms with E-state index in [0.29, 0.717) is 17.6 Å². The number of hydrogen-bond donors (Lipinski definition) is 1. The maximum Gasteiger partial charge on any atom is 0.253 e. The van der Waals surface area contributed by atoms with Gasteiger partial charge in [-0.2, -0.15) is 0 Å². The van der Waals surface area contributed by atoms with Crippen LogP contribution in [0.3, 0.4) is 0 Å². The van der Waals surface area contributed by atoms with Gasteiger partial charge in [-0.3, -0.25) is 4.79 Å². The maximum atomic E-state index is 12.5. The van der Waals surface area contributed by atoms with Crippen molar-refractivity contribution in [3.8, 4) is 0 Å². The van der Waals surface area contributed by atoms with Crippen molar-refractivity contribution >= 4 is 28.0 Å². The van der Waals surface area contributed by atoms with Crippen molar-refractivity contribution in [2.75, 3.05) is 27.2 Å². The topological polar surface area (TPSA) is 58.1 Å². The van der Waals surface area contributed by atoms with E-state index in [-0.39, 0.29) is 5.91 Å². The third kappa shape index (κ3) is 3.14. The van der Waals surface area contributed by atoms with E-state index in [9.17, 15) is 4.79 Å². The Balaban J connectivity index is 2.03. The second-order valence-electron chi connectivity index (χ2n) is 5.90. The molecule has 0 saturated heterocycles. The predicted octanol–water partition coefficient (Wildman–Crippen LogP) is 2.38. The van der Waals surface area contributed by atoms with Crippen molar-refractivity contribution in [1.82, 2.24) is 20.2 Å². The minimum Gasteiger partial charge on any atom is -0.351 e. The molecule has 0 saturated carbocycles. The first-order valence-electron chi connectivity index (χ1n) is 7.65. The number of fused-ring (bicyclic) bond motifs is 2. The molecule has 1 heterocycles.